The third-order valence-corrected chi connectivity index (χ3v) is 2.84. The Morgan fingerprint density at radius 2 is 2.05 bits per heavy atom. The van der Waals surface area contributed by atoms with Gasteiger partial charge in [-0.3, -0.25) is 0 Å². The van der Waals surface area contributed by atoms with Crippen LogP contribution in [0.25, 0.3) is 0 Å². The summed E-state index contributed by atoms with van der Waals surface area (Å²) in [5, 5.41) is 11.9. The molecule has 0 aliphatic carbocycles. The minimum Gasteiger partial charge on any atom is -0.496 e. The van der Waals surface area contributed by atoms with E-state index in [9.17, 15) is 0 Å². The molecule has 20 heavy (non-hydrogen) atoms. The molecule has 1 aromatic carbocycles. The number of oxime groups is 1. The van der Waals surface area contributed by atoms with Gasteiger partial charge < -0.3 is 20.6 Å². The molecular weight excluding hydrogens is 254 g/mol. The fourth-order valence-electron chi connectivity index (χ4n) is 2.28. The van der Waals surface area contributed by atoms with E-state index in [-0.39, 0.29) is 11.3 Å². The number of hydrogen-bond donors (Lipinski definition) is 2. The van der Waals surface area contributed by atoms with Crippen molar-refractivity contribution in [3.8, 4) is 5.75 Å². The highest BCUT2D eigenvalue weighted by molar-refractivity contribution is 5.99. The molecule has 112 valence electrons. The first kappa shape index (κ1) is 16.3. The number of hydrogen-bond acceptors (Lipinski definition) is 4. The number of benzene rings is 1. The Morgan fingerprint density at radius 3 is 2.55 bits per heavy atom. The van der Waals surface area contributed by atoms with Crippen LogP contribution < -0.4 is 10.5 Å². The molecule has 0 radical (unpaired) electrons. The molecule has 0 aromatic heterocycles. The number of nitrogens with two attached hydrogens (primary N) is 1. The highest BCUT2D eigenvalue weighted by atomic mass is 16.5. The Morgan fingerprint density at radius 1 is 1.40 bits per heavy atom. The van der Waals surface area contributed by atoms with Gasteiger partial charge in [-0.25, -0.2) is 0 Å². The average Bonchev–Trinajstić information content (AvgIpc) is 2.35. The quantitative estimate of drug-likeness (QED) is 0.375. The molecule has 5 nitrogen and oxygen atoms in total. The number of rotatable bonds is 5. The van der Waals surface area contributed by atoms with Gasteiger partial charge in [0.05, 0.1) is 12.7 Å². The largest absolute Gasteiger partial charge is 0.496 e. The van der Waals surface area contributed by atoms with Crippen LogP contribution in [-0.2, 0) is 6.54 Å². The molecule has 0 saturated heterocycles. The van der Waals surface area contributed by atoms with E-state index in [4.69, 9.17) is 15.7 Å². The van der Waals surface area contributed by atoms with E-state index in [1.807, 2.05) is 18.2 Å². The van der Waals surface area contributed by atoms with Crippen LogP contribution in [-0.4, -0.2) is 36.6 Å². The molecule has 0 atom stereocenters. The van der Waals surface area contributed by atoms with Crippen molar-refractivity contribution in [3.05, 3.63) is 29.3 Å². The maximum Gasteiger partial charge on any atom is 0.173 e. The van der Waals surface area contributed by atoms with Crippen molar-refractivity contribution in [1.82, 2.24) is 4.90 Å². The van der Waals surface area contributed by atoms with Gasteiger partial charge in [0.15, 0.2) is 5.84 Å². The van der Waals surface area contributed by atoms with Crippen molar-refractivity contribution in [3.63, 3.8) is 0 Å². The summed E-state index contributed by atoms with van der Waals surface area (Å²) in [5.74, 6) is 0.657. The maximum atomic E-state index is 8.83. The SMILES string of the molecule is COc1ccc(CN(C)CC(C)(C)C)cc1C(N)=NO. The molecule has 0 spiro atoms. The summed E-state index contributed by atoms with van der Waals surface area (Å²) in [4.78, 5) is 2.25. The van der Waals surface area contributed by atoms with E-state index in [2.05, 4.69) is 37.9 Å². The van der Waals surface area contributed by atoms with Gasteiger partial charge in [-0.1, -0.05) is 32.0 Å². The van der Waals surface area contributed by atoms with Gasteiger partial charge >= 0.3 is 0 Å². The second-order valence-corrected chi connectivity index (χ2v) is 6.25. The number of amidine groups is 1. The Kier molecular flexibility index (Phi) is 5.39. The summed E-state index contributed by atoms with van der Waals surface area (Å²) in [5.41, 5.74) is 7.63. The van der Waals surface area contributed by atoms with Crippen LogP contribution in [0.1, 0.15) is 31.9 Å². The zero-order chi connectivity index (χ0) is 15.3. The number of ether oxygens (including phenoxy) is 1. The Labute approximate surface area is 121 Å². The molecule has 3 N–H and O–H groups in total. The number of methoxy groups -OCH3 is 1. The third-order valence-electron chi connectivity index (χ3n) is 2.84. The lowest BCUT2D eigenvalue weighted by Crippen LogP contribution is -2.29. The predicted molar refractivity (Wildman–Crippen MR) is 81.3 cm³/mol. The summed E-state index contributed by atoms with van der Waals surface area (Å²) in [6.45, 7) is 8.41. The van der Waals surface area contributed by atoms with Crippen molar-refractivity contribution >= 4 is 5.84 Å². The minimum atomic E-state index is 0.0576. The van der Waals surface area contributed by atoms with Crippen LogP contribution in [0.5, 0.6) is 5.75 Å². The van der Waals surface area contributed by atoms with Gasteiger partial charge in [-0.2, -0.15) is 0 Å². The van der Waals surface area contributed by atoms with E-state index in [1.54, 1.807) is 7.11 Å². The normalized spacial score (nSPS) is 12.8. The lowest BCUT2D eigenvalue weighted by atomic mass is 9.96. The standard InChI is InChI=1S/C15H25N3O2/c1-15(2,3)10-18(4)9-11-6-7-13(20-5)12(8-11)14(16)17-19/h6-8,19H,9-10H2,1-5H3,(H2,16,17). The van der Waals surface area contributed by atoms with Crippen molar-refractivity contribution < 1.29 is 9.94 Å². The first-order valence-electron chi connectivity index (χ1n) is 6.60. The van der Waals surface area contributed by atoms with E-state index >= 15 is 0 Å². The first-order valence-corrected chi connectivity index (χ1v) is 6.60. The second-order valence-electron chi connectivity index (χ2n) is 6.25. The molecule has 0 unspecified atom stereocenters. The molecule has 5 heteroatoms. The summed E-state index contributed by atoms with van der Waals surface area (Å²) in [6.07, 6.45) is 0. The minimum absolute atomic E-state index is 0.0576. The van der Waals surface area contributed by atoms with Gasteiger partial charge in [0.25, 0.3) is 0 Å². The lowest BCUT2D eigenvalue weighted by Gasteiger charge is -2.26. The van der Waals surface area contributed by atoms with Gasteiger partial charge in [0, 0.05) is 13.1 Å². The first-order chi connectivity index (χ1) is 9.26. The van der Waals surface area contributed by atoms with Crippen molar-refractivity contribution in [2.75, 3.05) is 20.7 Å². The van der Waals surface area contributed by atoms with Crippen molar-refractivity contribution in [1.29, 1.82) is 0 Å². The Balaban J connectivity index is 2.92. The molecule has 0 aliphatic heterocycles. The van der Waals surface area contributed by atoms with Crippen molar-refractivity contribution in [2.24, 2.45) is 16.3 Å². The van der Waals surface area contributed by atoms with Crippen LogP contribution >= 0.6 is 0 Å². The summed E-state index contributed by atoms with van der Waals surface area (Å²) in [6, 6.07) is 5.73. The van der Waals surface area contributed by atoms with Gasteiger partial charge in [-0.15, -0.1) is 0 Å². The third kappa shape index (κ3) is 4.74. The van der Waals surface area contributed by atoms with E-state index < -0.39 is 0 Å². The Bertz CT molecular complexity index is 478. The molecule has 0 saturated carbocycles. The molecule has 1 aromatic rings. The smallest absolute Gasteiger partial charge is 0.173 e. The highest BCUT2D eigenvalue weighted by Crippen LogP contribution is 2.21. The van der Waals surface area contributed by atoms with Crippen LogP contribution in [0.4, 0.5) is 0 Å². The molecule has 1 rings (SSSR count). The summed E-state index contributed by atoms with van der Waals surface area (Å²) < 4.78 is 5.22. The zero-order valence-electron chi connectivity index (χ0n) is 13.0. The zero-order valence-corrected chi connectivity index (χ0v) is 13.0. The van der Waals surface area contributed by atoms with E-state index in [0.29, 0.717) is 11.3 Å². The monoisotopic (exact) mass is 279 g/mol. The van der Waals surface area contributed by atoms with Gasteiger partial charge in [-0.05, 0) is 30.2 Å². The topological polar surface area (TPSA) is 71.1 Å². The maximum absolute atomic E-state index is 8.83. The predicted octanol–water partition coefficient (Wildman–Crippen LogP) is 2.27. The van der Waals surface area contributed by atoms with Crippen LogP contribution in [0, 0.1) is 5.41 Å². The van der Waals surface area contributed by atoms with Crippen LogP contribution in [0.3, 0.4) is 0 Å². The molecular formula is C15H25N3O2. The molecule has 0 amide bonds. The molecule has 0 heterocycles. The molecule has 0 aliphatic rings. The molecule has 0 fully saturated rings. The van der Waals surface area contributed by atoms with Crippen LogP contribution in [0.15, 0.2) is 23.4 Å². The van der Waals surface area contributed by atoms with Gasteiger partial charge in [0.2, 0.25) is 0 Å². The summed E-state index contributed by atoms with van der Waals surface area (Å²) >= 11 is 0. The fraction of sp³-hybridized carbons (Fsp3) is 0.533. The highest BCUT2D eigenvalue weighted by Gasteiger charge is 2.15. The summed E-state index contributed by atoms with van der Waals surface area (Å²) in [7, 11) is 3.65. The van der Waals surface area contributed by atoms with Gasteiger partial charge in [0.1, 0.15) is 5.75 Å². The lowest BCUT2D eigenvalue weighted by molar-refractivity contribution is 0.221. The second kappa shape index (κ2) is 6.61. The van der Waals surface area contributed by atoms with E-state index in [0.717, 1.165) is 18.7 Å². The Hall–Kier alpha value is -1.75. The fourth-order valence-corrected chi connectivity index (χ4v) is 2.28. The number of nitrogens with zero attached hydrogens (tertiary/aromatic N) is 2. The van der Waals surface area contributed by atoms with E-state index in [1.165, 1.54) is 0 Å². The van der Waals surface area contributed by atoms with Crippen LogP contribution in [0.2, 0.25) is 0 Å². The average molecular weight is 279 g/mol. The van der Waals surface area contributed by atoms with Crippen molar-refractivity contribution in [2.45, 2.75) is 27.3 Å². The molecule has 0 bridgehead atoms.